The van der Waals surface area contributed by atoms with E-state index >= 15 is 0 Å². The van der Waals surface area contributed by atoms with E-state index in [0.717, 1.165) is 12.1 Å². The molecule has 3 rings (SSSR count). The van der Waals surface area contributed by atoms with Gasteiger partial charge < -0.3 is 4.98 Å². The number of benzene rings is 2. The standard InChI is InChI=1S/C19H17F2N3O3S/c1-11(17-13(20)7-8-15(18(17)21)24-28(22,26)27)14-9-10-16(23-14)19(25)12-5-3-2-4-6-12/h2-11,23-24H,1H3,(H2,22,26,27). The third-order valence-corrected chi connectivity index (χ3v) is 4.77. The van der Waals surface area contributed by atoms with Crippen molar-refractivity contribution in [3.05, 3.63) is 88.7 Å². The first kappa shape index (κ1) is 19.7. The first-order valence-electron chi connectivity index (χ1n) is 8.24. The molecular formula is C19H17F2N3O3S. The van der Waals surface area contributed by atoms with Gasteiger partial charge in [0.15, 0.2) is 5.82 Å². The van der Waals surface area contributed by atoms with E-state index in [1.807, 2.05) is 4.72 Å². The van der Waals surface area contributed by atoms with Gasteiger partial charge in [-0.1, -0.05) is 37.3 Å². The molecular weight excluding hydrogens is 388 g/mol. The molecule has 0 saturated carbocycles. The molecule has 2 aromatic carbocycles. The number of aromatic amines is 1. The number of hydrogen-bond donors (Lipinski definition) is 3. The average Bonchev–Trinajstić information content (AvgIpc) is 3.13. The fourth-order valence-corrected chi connectivity index (χ4v) is 3.36. The highest BCUT2D eigenvalue weighted by molar-refractivity contribution is 7.90. The van der Waals surface area contributed by atoms with Crippen molar-refractivity contribution in [2.45, 2.75) is 12.8 Å². The molecule has 0 radical (unpaired) electrons. The smallest absolute Gasteiger partial charge is 0.296 e. The van der Waals surface area contributed by atoms with Crippen LogP contribution in [0.4, 0.5) is 14.5 Å². The van der Waals surface area contributed by atoms with E-state index in [0.29, 0.717) is 11.3 Å². The number of H-pyrrole nitrogens is 1. The van der Waals surface area contributed by atoms with E-state index in [2.05, 4.69) is 4.98 Å². The van der Waals surface area contributed by atoms with Gasteiger partial charge in [-0.2, -0.15) is 8.42 Å². The fraction of sp³-hybridized carbons (Fsp3) is 0.105. The van der Waals surface area contributed by atoms with E-state index < -0.39 is 33.4 Å². The number of ketones is 1. The van der Waals surface area contributed by atoms with E-state index in [1.165, 1.54) is 13.0 Å². The number of anilines is 1. The number of carbonyl (C=O) groups is 1. The minimum absolute atomic E-state index is 0.260. The third kappa shape index (κ3) is 4.10. The lowest BCUT2D eigenvalue weighted by Crippen LogP contribution is -2.23. The number of aromatic nitrogens is 1. The summed E-state index contributed by atoms with van der Waals surface area (Å²) in [5, 5.41) is 4.86. The quantitative estimate of drug-likeness (QED) is 0.548. The molecule has 0 aliphatic heterocycles. The Morgan fingerprint density at radius 3 is 2.39 bits per heavy atom. The van der Waals surface area contributed by atoms with Crippen molar-refractivity contribution in [2.75, 3.05) is 4.72 Å². The predicted molar refractivity (Wildman–Crippen MR) is 101 cm³/mol. The van der Waals surface area contributed by atoms with Crippen LogP contribution in [0.25, 0.3) is 0 Å². The zero-order chi connectivity index (χ0) is 20.5. The Hall–Kier alpha value is -3.04. The molecule has 9 heteroatoms. The molecule has 1 atom stereocenters. The van der Waals surface area contributed by atoms with Crippen LogP contribution in [0.15, 0.2) is 54.6 Å². The Kier molecular flexibility index (Phi) is 5.30. The summed E-state index contributed by atoms with van der Waals surface area (Å²) in [6.07, 6.45) is 0. The summed E-state index contributed by atoms with van der Waals surface area (Å²) in [6, 6.07) is 13.5. The van der Waals surface area contributed by atoms with Gasteiger partial charge in [0.05, 0.1) is 11.4 Å². The Morgan fingerprint density at radius 2 is 1.75 bits per heavy atom. The van der Waals surface area contributed by atoms with Crippen molar-refractivity contribution in [3.63, 3.8) is 0 Å². The Labute approximate surface area is 160 Å². The van der Waals surface area contributed by atoms with Gasteiger partial charge in [0, 0.05) is 22.7 Å². The van der Waals surface area contributed by atoms with Crippen molar-refractivity contribution >= 4 is 21.7 Å². The zero-order valence-corrected chi connectivity index (χ0v) is 15.6. The van der Waals surface area contributed by atoms with Crippen LogP contribution in [-0.2, 0) is 10.2 Å². The molecule has 0 amide bonds. The normalized spacial score (nSPS) is 12.6. The second kappa shape index (κ2) is 7.53. The number of nitrogens with one attached hydrogen (secondary N) is 2. The number of rotatable bonds is 6. The highest BCUT2D eigenvalue weighted by Gasteiger charge is 2.24. The lowest BCUT2D eigenvalue weighted by molar-refractivity contribution is 0.103. The largest absolute Gasteiger partial charge is 0.355 e. The molecule has 0 bridgehead atoms. The molecule has 4 N–H and O–H groups in total. The van der Waals surface area contributed by atoms with Gasteiger partial charge in [0.1, 0.15) is 5.82 Å². The topological polar surface area (TPSA) is 105 Å². The number of hydrogen-bond acceptors (Lipinski definition) is 3. The minimum atomic E-state index is -4.22. The Bertz CT molecular complexity index is 1130. The van der Waals surface area contributed by atoms with E-state index in [1.54, 1.807) is 36.4 Å². The third-order valence-electron chi connectivity index (χ3n) is 4.27. The summed E-state index contributed by atoms with van der Waals surface area (Å²) >= 11 is 0. The molecule has 0 fully saturated rings. The molecule has 0 aliphatic carbocycles. The van der Waals surface area contributed by atoms with Gasteiger partial charge >= 0.3 is 0 Å². The van der Waals surface area contributed by atoms with Crippen LogP contribution in [0.2, 0.25) is 0 Å². The van der Waals surface area contributed by atoms with Crippen LogP contribution in [0.1, 0.15) is 40.2 Å². The van der Waals surface area contributed by atoms with Crippen molar-refractivity contribution in [2.24, 2.45) is 5.14 Å². The lowest BCUT2D eigenvalue weighted by Gasteiger charge is -2.15. The van der Waals surface area contributed by atoms with Gasteiger partial charge in [-0.05, 0) is 24.3 Å². The van der Waals surface area contributed by atoms with Gasteiger partial charge in [-0.25, -0.2) is 13.9 Å². The van der Waals surface area contributed by atoms with E-state index in [9.17, 15) is 22.0 Å². The Morgan fingerprint density at radius 1 is 1.07 bits per heavy atom. The van der Waals surface area contributed by atoms with Crippen molar-refractivity contribution in [1.82, 2.24) is 4.98 Å². The second-order valence-electron chi connectivity index (χ2n) is 6.21. The SMILES string of the molecule is CC(c1ccc(C(=O)c2ccccc2)[nH]1)c1c(F)ccc(NS(N)(=O)=O)c1F. The highest BCUT2D eigenvalue weighted by atomic mass is 32.2. The minimum Gasteiger partial charge on any atom is -0.355 e. The van der Waals surface area contributed by atoms with Crippen LogP contribution >= 0.6 is 0 Å². The van der Waals surface area contributed by atoms with E-state index in [4.69, 9.17) is 5.14 Å². The van der Waals surface area contributed by atoms with Crippen LogP contribution in [0, 0.1) is 11.6 Å². The number of nitrogens with two attached hydrogens (primary N) is 1. The number of carbonyl (C=O) groups excluding carboxylic acids is 1. The summed E-state index contributed by atoms with van der Waals surface area (Å²) in [5.41, 5.74) is 0.324. The van der Waals surface area contributed by atoms with E-state index in [-0.39, 0.29) is 17.0 Å². The molecule has 1 heterocycles. The monoisotopic (exact) mass is 405 g/mol. The maximum Gasteiger partial charge on any atom is 0.296 e. The summed E-state index contributed by atoms with van der Waals surface area (Å²) in [6.45, 7) is 1.53. The second-order valence-corrected chi connectivity index (χ2v) is 7.51. The molecule has 6 nitrogen and oxygen atoms in total. The molecule has 0 saturated heterocycles. The maximum atomic E-state index is 14.7. The van der Waals surface area contributed by atoms with Crippen LogP contribution < -0.4 is 9.86 Å². The number of halogens is 2. The average molecular weight is 405 g/mol. The first-order valence-corrected chi connectivity index (χ1v) is 9.79. The van der Waals surface area contributed by atoms with Crippen LogP contribution in [0.3, 0.4) is 0 Å². The van der Waals surface area contributed by atoms with Crippen LogP contribution in [-0.4, -0.2) is 19.2 Å². The van der Waals surface area contributed by atoms with Gasteiger partial charge in [0.2, 0.25) is 5.78 Å². The van der Waals surface area contributed by atoms with Crippen molar-refractivity contribution in [1.29, 1.82) is 0 Å². The molecule has 0 aliphatic rings. The highest BCUT2D eigenvalue weighted by Crippen LogP contribution is 2.32. The van der Waals surface area contributed by atoms with Crippen molar-refractivity contribution in [3.8, 4) is 0 Å². The maximum absolute atomic E-state index is 14.7. The van der Waals surface area contributed by atoms with Gasteiger partial charge in [0.25, 0.3) is 10.2 Å². The summed E-state index contributed by atoms with van der Waals surface area (Å²) in [5.74, 6) is -3.01. The summed E-state index contributed by atoms with van der Waals surface area (Å²) in [4.78, 5) is 15.4. The fourth-order valence-electron chi connectivity index (χ4n) is 2.90. The molecule has 28 heavy (non-hydrogen) atoms. The van der Waals surface area contributed by atoms with Crippen molar-refractivity contribution < 1.29 is 22.0 Å². The van der Waals surface area contributed by atoms with Crippen LogP contribution in [0.5, 0.6) is 0 Å². The summed E-state index contributed by atoms with van der Waals surface area (Å²) < 4.78 is 53.2. The molecule has 0 spiro atoms. The predicted octanol–water partition coefficient (Wildman–Crippen LogP) is 3.29. The first-order chi connectivity index (χ1) is 13.2. The lowest BCUT2D eigenvalue weighted by atomic mass is 9.96. The summed E-state index contributed by atoms with van der Waals surface area (Å²) in [7, 11) is -4.22. The molecule has 3 aromatic rings. The molecule has 1 unspecified atom stereocenters. The van der Waals surface area contributed by atoms with Gasteiger partial charge in [-0.15, -0.1) is 0 Å². The molecule has 1 aromatic heterocycles. The molecule has 146 valence electrons. The zero-order valence-electron chi connectivity index (χ0n) is 14.7. The Balaban J connectivity index is 1.95. The van der Waals surface area contributed by atoms with Gasteiger partial charge in [-0.3, -0.25) is 9.52 Å².